The van der Waals surface area contributed by atoms with Gasteiger partial charge in [-0.1, -0.05) is 59.1 Å². The van der Waals surface area contributed by atoms with E-state index in [4.69, 9.17) is 0 Å². The van der Waals surface area contributed by atoms with Crippen molar-refractivity contribution in [3.63, 3.8) is 0 Å². The van der Waals surface area contributed by atoms with E-state index in [-0.39, 0.29) is 5.91 Å². The third-order valence-electron chi connectivity index (χ3n) is 4.88. The summed E-state index contributed by atoms with van der Waals surface area (Å²) in [6.45, 7) is 0. The number of halogens is 1. The zero-order valence-electron chi connectivity index (χ0n) is 15.9. The molecule has 0 unspecified atom stereocenters. The summed E-state index contributed by atoms with van der Waals surface area (Å²) in [6.07, 6.45) is 7.83. The first kappa shape index (κ1) is 20.6. The average molecular weight is 488 g/mol. The Hall–Kier alpha value is -1.70. The smallest absolute Gasteiger partial charge is 0.230 e. The van der Waals surface area contributed by atoms with Crippen LogP contribution in [0.25, 0.3) is 10.2 Å². The van der Waals surface area contributed by atoms with Crippen molar-refractivity contribution in [3.8, 4) is 0 Å². The van der Waals surface area contributed by atoms with Crippen LogP contribution in [0.3, 0.4) is 0 Å². The number of amides is 1. The number of carbonyl (C=O) groups excluding carboxylic acids is 1. The molecule has 0 aliphatic heterocycles. The molecule has 150 valence electrons. The summed E-state index contributed by atoms with van der Waals surface area (Å²) in [4.78, 5) is 21.4. The molecule has 0 saturated heterocycles. The number of hydrogen-bond acceptors (Lipinski definition) is 5. The molecule has 4 nitrogen and oxygen atoms in total. The molecule has 1 aliphatic carbocycles. The van der Waals surface area contributed by atoms with Crippen LogP contribution in [0.2, 0.25) is 0 Å². The van der Waals surface area contributed by atoms with Gasteiger partial charge in [-0.15, -0.1) is 11.3 Å². The molecule has 29 heavy (non-hydrogen) atoms. The largest absolute Gasteiger partial charge is 0.353 e. The second-order valence-corrected chi connectivity index (χ2v) is 10.3. The summed E-state index contributed by atoms with van der Waals surface area (Å²) in [5.74, 6) is 0.534. The summed E-state index contributed by atoms with van der Waals surface area (Å²) in [7, 11) is 0. The van der Waals surface area contributed by atoms with Crippen LogP contribution in [0, 0.1) is 0 Å². The van der Waals surface area contributed by atoms with E-state index < -0.39 is 0 Å². The van der Waals surface area contributed by atoms with Crippen LogP contribution < -0.4 is 5.32 Å². The maximum absolute atomic E-state index is 12.2. The Labute approximate surface area is 187 Å². The van der Waals surface area contributed by atoms with Crippen molar-refractivity contribution in [1.29, 1.82) is 0 Å². The van der Waals surface area contributed by atoms with Crippen LogP contribution >= 0.6 is 39.0 Å². The van der Waals surface area contributed by atoms with Gasteiger partial charge >= 0.3 is 0 Å². The molecular weight excluding hydrogens is 466 g/mol. The van der Waals surface area contributed by atoms with E-state index >= 15 is 0 Å². The molecule has 0 atom stereocenters. The molecule has 1 N–H and O–H groups in total. The molecule has 1 heterocycles. The quantitative estimate of drug-likeness (QED) is 0.325. The highest BCUT2D eigenvalue weighted by atomic mass is 79.9. The fourth-order valence-corrected chi connectivity index (χ4v) is 5.55. The molecule has 4 rings (SSSR count). The van der Waals surface area contributed by atoms with Crippen LogP contribution in [0.5, 0.6) is 0 Å². The van der Waals surface area contributed by atoms with Gasteiger partial charge in [0.15, 0.2) is 4.34 Å². The first-order chi connectivity index (χ1) is 14.2. The molecule has 0 spiro atoms. The van der Waals surface area contributed by atoms with Crippen LogP contribution in [0.1, 0.15) is 37.7 Å². The van der Waals surface area contributed by atoms with E-state index in [0.29, 0.717) is 11.8 Å². The molecule has 0 bridgehead atoms. The van der Waals surface area contributed by atoms with Crippen molar-refractivity contribution in [2.75, 3.05) is 5.75 Å². The number of nitrogens with zero attached hydrogens (tertiary/aromatic N) is 2. The number of aliphatic imine (C=N–C) groups is 1. The highest BCUT2D eigenvalue weighted by Crippen LogP contribution is 2.32. The number of benzene rings is 2. The topological polar surface area (TPSA) is 54.4 Å². The summed E-state index contributed by atoms with van der Waals surface area (Å²) < 4.78 is 3.07. The second kappa shape index (κ2) is 9.87. The Kier molecular flexibility index (Phi) is 7.00. The molecule has 1 aromatic heterocycles. The molecule has 0 radical (unpaired) electrons. The highest BCUT2D eigenvalue weighted by molar-refractivity contribution is 9.10. The molecule has 3 aromatic rings. The first-order valence-corrected chi connectivity index (χ1v) is 12.4. The molecule has 1 aliphatic rings. The number of fused-ring (bicyclic) bond motifs is 1. The standard InChI is InChI=1S/C22H22BrN3OS2/c23-16-8-6-15(7-9-16)13-24-18-10-11-19-20(12-18)29-22(26-19)28-14-21(27)25-17-4-2-1-3-5-17/h6-13,17H,1-5,14H2,(H,25,27). The fraction of sp³-hybridized carbons (Fsp3) is 0.318. The van der Waals surface area contributed by atoms with Crippen molar-refractivity contribution in [2.24, 2.45) is 4.99 Å². The number of carbonyl (C=O) groups is 1. The second-order valence-electron chi connectivity index (χ2n) is 7.13. The predicted molar refractivity (Wildman–Crippen MR) is 127 cm³/mol. The lowest BCUT2D eigenvalue weighted by molar-refractivity contribution is -0.119. The maximum Gasteiger partial charge on any atom is 0.230 e. The summed E-state index contributed by atoms with van der Waals surface area (Å²) in [5.41, 5.74) is 2.90. The summed E-state index contributed by atoms with van der Waals surface area (Å²) >= 11 is 6.57. The van der Waals surface area contributed by atoms with Crippen LogP contribution in [0.15, 0.2) is 56.3 Å². The Balaban J connectivity index is 1.36. The minimum Gasteiger partial charge on any atom is -0.353 e. The Morgan fingerprint density at radius 3 is 2.79 bits per heavy atom. The van der Waals surface area contributed by atoms with Gasteiger partial charge in [0.05, 0.1) is 21.7 Å². The van der Waals surface area contributed by atoms with Crippen LogP contribution in [0.4, 0.5) is 5.69 Å². The van der Waals surface area contributed by atoms with Crippen molar-refractivity contribution < 1.29 is 4.79 Å². The maximum atomic E-state index is 12.2. The van der Waals surface area contributed by atoms with Gasteiger partial charge < -0.3 is 5.32 Å². The van der Waals surface area contributed by atoms with Crippen LogP contribution in [-0.2, 0) is 4.79 Å². The number of nitrogens with one attached hydrogen (secondary N) is 1. The lowest BCUT2D eigenvalue weighted by Gasteiger charge is -2.22. The van der Waals surface area contributed by atoms with E-state index in [1.54, 1.807) is 11.3 Å². The van der Waals surface area contributed by atoms with Gasteiger partial charge in [0.2, 0.25) is 5.91 Å². The highest BCUT2D eigenvalue weighted by Gasteiger charge is 2.16. The van der Waals surface area contributed by atoms with Gasteiger partial charge in [-0.2, -0.15) is 0 Å². The number of hydrogen-bond donors (Lipinski definition) is 1. The minimum atomic E-state index is 0.112. The van der Waals surface area contributed by atoms with Crippen molar-refractivity contribution in [1.82, 2.24) is 10.3 Å². The van der Waals surface area contributed by atoms with Gasteiger partial charge in [-0.05, 0) is 48.7 Å². The summed E-state index contributed by atoms with van der Waals surface area (Å²) in [5, 5.41) is 3.16. The van der Waals surface area contributed by atoms with Crippen molar-refractivity contribution in [3.05, 3.63) is 52.5 Å². The number of thiazole rings is 1. The molecule has 2 aromatic carbocycles. The number of rotatable bonds is 6. The van der Waals surface area contributed by atoms with Crippen LogP contribution in [-0.4, -0.2) is 28.9 Å². The Morgan fingerprint density at radius 1 is 1.21 bits per heavy atom. The molecule has 7 heteroatoms. The molecule has 1 saturated carbocycles. The third-order valence-corrected chi connectivity index (χ3v) is 7.57. The van der Waals surface area contributed by atoms with Gasteiger partial charge in [-0.3, -0.25) is 9.79 Å². The van der Waals surface area contributed by atoms with E-state index in [9.17, 15) is 4.79 Å². The molecular formula is C22H22BrN3OS2. The lowest BCUT2D eigenvalue weighted by Crippen LogP contribution is -2.37. The number of thioether (sulfide) groups is 1. The zero-order chi connectivity index (χ0) is 20.1. The zero-order valence-corrected chi connectivity index (χ0v) is 19.2. The Morgan fingerprint density at radius 2 is 2.00 bits per heavy atom. The van der Waals surface area contributed by atoms with E-state index in [2.05, 4.69) is 37.3 Å². The Bertz CT molecular complexity index is 1010. The third kappa shape index (κ3) is 5.90. The van der Waals surface area contributed by atoms with E-state index in [0.717, 1.165) is 43.1 Å². The van der Waals surface area contributed by atoms with Gasteiger partial charge in [0.25, 0.3) is 0 Å². The SMILES string of the molecule is O=C(CSc1nc2ccc(N=Cc3ccc(Br)cc3)cc2s1)NC1CCCCC1. The van der Waals surface area contributed by atoms with Gasteiger partial charge in [-0.25, -0.2) is 4.98 Å². The lowest BCUT2D eigenvalue weighted by atomic mass is 9.95. The van der Waals surface area contributed by atoms with E-state index in [1.807, 2.05) is 42.6 Å². The molecule has 1 amide bonds. The van der Waals surface area contributed by atoms with E-state index in [1.165, 1.54) is 31.0 Å². The van der Waals surface area contributed by atoms with Crippen molar-refractivity contribution in [2.45, 2.75) is 42.5 Å². The minimum absolute atomic E-state index is 0.112. The summed E-state index contributed by atoms with van der Waals surface area (Å²) in [6, 6.07) is 14.4. The van der Waals surface area contributed by atoms with Gasteiger partial charge in [0, 0.05) is 16.7 Å². The first-order valence-electron chi connectivity index (χ1n) is 9.78. The fourth-order valence-electron chi connectivity index (χ4n) is 3.38. The average Bonchev–Trinajstić information content (AvgIpc) is 3.15. The van der Waals surface area contributed by atoms with Crippen molar-refractivity contribution >= 4 is 67.1 Å². The monoisotopic (exact) mass is 487 g/mol. The number of aromatic nitrogens is 1. The normalized spacial score (nSPS) is 15.2. The molecule has 1 fully saturated rings. The predicted octanol–water partition coefficient (Wildman–Crippen LogP) is 6.35. The van der Waals surface area contributed by atoms with Gasteiger partial charge in [0.1, 0.15) is 0 Å².